The summed E-state index contributed by atoms with van der Waals surface area (Å²) < 4.78 is -1.81. The predicted molar refractivity (Wildman–Crippen MR) is 139 cm³/mol. The third kappa shape index (κ3) is 9.38. The third-order valence-corrected chi connectivity index (χ3v) is 5.46. The molecule has 10 heteroatoms. The molecule has 0 fully saturated rings. The Kier molecular flexibility index (Phi) is 10.9. The summed E-state index contributed by atoms with van der Waals surface area (Å²) in [5.74, 6) is -0.404. The zero-order valence-corrected chi connectivity index (χ0v) is 24.2. The Bertz CT molecular complexity index is 762. The molecule has 2 rings (SSSR count). The molecule has 0 heterocycles. The van der Waals surface area contributed by atoms with Gasteiger partial charge in [0.2, 0.25) is 4.29 Å². The van der Waals surface area contributed by atoms with E-state index in [1.165, 1.54) is 0 Å². The molecule has 152 valence electrons. The van der Waals surface area contributed by atoms with Gasteiger partial charge in [-0.25, -0.2) is 0 Å². The van der Waals surface area contributed by atoms with Crippen LogP contribution in [0.15, 0.2) is 48.5 Å². The lowest BCUT2D eigenvalue weighted by Gasteiger charge is -2.13. The maximum atomic E-state index is 11.5. The van der Waals surface area contributed by atoms with Gasteiger partial charge in [-0.3, -0.25) is 9.59 Å². The van der Waals surface area contributed by atoms with Gasteiger partial charge in [-0.1, -0.05) is 36.4 Å². The second-order valence-corrected chi connectivity index (χ2v) is 19.1. The van der Waals surface area contributed by atoms with E-state index >= 15 is 0 Å². The quantitative estimate of drug-likeness (QED) is 0.310. The predicted octanol–water partition coefficient (Wildman–Crippen LogP) is 7.54. The van der Waals surface area contributed by atoms with Crippen LogP contribution in [0.1, 0.15) is 11.1 Å². The fraction of sp³-hybridized carbons (Fsp3) is 0.222. The van der Waals surface area contributed by atoms with Gasteiger partial charge in [-0.2, -0.15) is 0 Å². The maximum absolute atomic E-state index is 11.5. The molecule has 0 radical (unpaired) electrons. The van der Waals surface area contributed by atoms with E-state index in [-0.39, 0.29) is 11.8 Å². The number of rotatable bonds is 2. The first kappa shape index (κ1) is 26.3. The Labute approximate surface area is 214 Å². The molecule has 0 unspecified atom stereocenters. The van der Waals surface area contributed by atoms with Crippen molar-refractivity contribution >= 4 is 119 Å². The van der Waals surface area contributed by atoms with Crippen LogP contribution in [0, 0.1) is 13.8 Å². The van der Waals surface area contributed by atoms with Crippen LogP contribution in [0.5, 0.6) is 0 Å². The largest absolute Gasteiger partial charge is 0.323 e. The van der Waals surface area contributed by atoms with Crippen molar-refractivity contribution in [2.75, 3.05) is 10.6 Å². The smallest absolute Gasteiger partial charge is 0.263 e. The summed E-state index contributed by atoms with van der Waals surface area (Å²) >= 11 is 18.9. The lowest BCUT2D eigenvalue weighted by atomic mass is 10.2. The first-order valence-corrected chi connectivity index (χ1v) is 12.5. The van der Waals surface area contributed by atoms with Crippen molar-refractivity contribution in [2.45, 2.75) is 18.1 Å². The molecule has 0 saturated carbocycles. The van der Waals surface area contributed by atoms with E-state index in [4.69, 9.17) is 0 Å². The monoisotopic (exact) mass is 766 g/mol. The summed E-state index contributed by atoms with van der Waals surface area (Å²) in [5, 5.41) is 5.54. The average molecular weight is 772 g/mol. The van der Waals surface area contributed by atoms with Crippen LogP contribution < -0.4 is 10.6 Å². The number of aryl methyl sites for hydroxylation is 2. The summed E-state index contributed by atoms with van der Waals surface area (Å²) in [5.41, 5.74) is 3.66. The van der Waals surface area contributed by atoms with E-state index in [2.05, 4.69) is 106 Å². The number of nitrogens with one attached hydrogen (secondary N) is 2. The molecule has 0 aliphatic carbocycles. The van der Waals surface area contributed by atoms with Gasteiger partial charge >= 0.3 is 0 Å². The number of benzene rings is 2. The number of hydrogen-bond acceptors (Lipinski definition) is 2. The summed E-state index contributed by atoms with van der Waals surface area (Å²) in [6.45, 7) is 3.88. The second-order valence-electron chi connectivity index (χ2n) is 5.53. The highest BCUT2D eigenvalue weighted by Gasteiger charge is 2.29. The lowest BCUT2D eigenvalue weighted by molar-refractivity contribution is -0.115. The van der Waals surface area contributed by atoms with Crippen molar-refractivity contribution in [3.8, 4) is 0 Å². The maximum Gasteiger partial charge on any atom is 0.263 e. The van der Waals surface area contributed by atoms with Crippen molar-refractivity contribution < 1.29 is 9.59 Å². The van der Waals surface area contributed by atoms with Gasteiger partial charge in [0.15, 0.2) is 0 Å². The van der Waals surface area contributed by atoms with E-state index in [1.54, 1.807) is 0 Å². The number of halogens is 6. The van der Waals surface area contributed by atoms with E-state index in [1.807, 2.05) is 62.4 Å². The van der Waals surface area contributed by atoms with Gasteiger partial charge in [0.1, 0.15) is 0 Å². The Hall–Kier alpha value is 0.260. The molecular weight excluding hydrogens is 756 g/mol. The van der Waals surface area contributed by atoms with Crippen molar-refractivity contribution in [3.05, 3.63) is 59.7 Å². The fourth-order valence-electron chi connectivity index (χ4n) is 1.81. The molecule has 2 N–H and O–H groups in total. The van der Waals surface area contributed by atoms with E-state index < -0.39 is 4.29 Å². The van der Waals surface area contributed by atoms with Gasteiger partial charge in [0, 0.05) is 11.4 Å². The number of carbonyl (C=O) groups excluding carboxylic acids is 2. The molecule has 4 nitrogen and oxygen atoms in total. The van der Waals surface area contributed by atoms with Gasteiger partial charge < -0.3 is 10.6 Å². The van der Waals surface area contributed by atoms with Crippen LogP contribution >= 0.6 is 95.6 Å². The lowest BCUT2D eigenvalue weighted by Crippen LogP contribution is -2.25. The molecule has 2 aromatic rings. The van der Waals surface area contributed by atoms with E-state index in [0.717, 1.165) is 22.5 Å². The number of anilines is 2. The van der Waals surface area contributed by atoms with Gasteiger partial charge in [0.05, 0.1) is 0 Å². The fourth-order valence-corrected chi connectivity index (χ4v) is 2.41. The highest BCUT2D eigenvalue weighted by atomic mass is 80.0. The first-order chi connectivity index (χ1) is 12.8. The van der Waals surface area contributed by atoms with Crippen LogP contribution in [-0.4, -0.2) is 16.1 Å². The van der Waals surface area contributed by atoms with Crippen LogP contribution in [0.4, 0.5) is 11.4 Å². The molecule has 28 heavy (non-hydrogen) atoms. The number of para-hydroxylation sites is 2. The summed E-state index contributed by atoms with van der Waals surface area (Å²) in [6.07, 6.45) is 0. The van der Waals surface area contributed by atoms with Crippen molar-refractivity contribution in [3.63, 3.8) is 0 Å². The SMILES string of the molecule is Cc1ccccc1NC(=O)C(Br)(Br)Br.Cc1ccccc1NC(=O)C(Br)(Br)Br. The molecular formula is C18H16Br6N2O2. The van der Waals surface area contributed by atoms with Gasteiger partial charge in [-0.05, 0) is 133 Å². The summed E-state index contributed by atoms with van der Waals surface area (Å²) in [7, 11) is 0. The second kappa shape index (κ2) is 11.6. The third-order valence-electron chi connectivity index (χ3n) is 3.30. The first-order valence-electron chi connectivity index (χ1n) is 7.70. The number of amides is 2. The molecule has 0 atom stereocenters. The molecule has 0 spiro atoms. The van der Waals surface area contributed by atoms with Crippen LogP contribution in [0.2, 0.25) is 0 Å². The minimum absolute atomic E-state index is 0.202. The Balaban J connectivity index is 0.000000280. The molecule has 0 aliphatic rings. The zero-order chi connectivity index (χ0) is 21.5. The highest BCUT2D eigenvalue weighted by Crippen LogP contribution is 2.35. The molecule has 2 aromatic carbocycles. The van der Waals surface area contributed by atoms with Crippen molar-refractivity contribution in [1.82, 2.24) is 0 Å². The van der Waals surface area contributed by atoms with Crippen LogP contribution in [-0.2, 0) is 9.59 Å². The number of alkyl halides is 6. The number of carbonyl (C=O) groups is 2. The van der Waals surface area contributed by atoms with Crippen molar-refractivity contribution in [1.29, 1.82) is 0 Å². The highest BCUT2D eigenvalue weighted by molar-refractivity contribution is 9.40. The van der Waals surface area contributed by atoms with Crippen molar-refractivity contribution in [2.24, 2.45) is 0 Å². The van der Waals surface area contributed by atoms with E-state index in [0.29, 0.717) is 0 Å². The molecule has 0 saturated heterocycles. The summed E-state index contributed by atoms with van der Waals surface area (Å²) in [6, 6.07) is 15.2. The molecule has 0 aromatic heterocycles. The molecule has 0 aliphatic heterocycles. The zero-order valence-electron chi connectivity index (χ0n) is 14.7. The molecule has 0 bridgehead atoms. The number of hydrogen-bond donors (Lipinski definition) is 2. The minimum atomic E-state index is -0.907. The van der Waals surface area contributed by atoms with Gasteiger partial charge in [-0.15, -0.1) is 0 Å². The topological polar surface area (TPSA) is 58.2 Å². The van der Waals surface area contributed by atoms with Crippen LogP contribution in [0.3, 0.4) is 0 Å². The summed E-state index contributed by atoms with van der Waals surface area (Å²) in [4.78, 5) is 23.1. The Morgan fingerprint density at radius 2 is 0.929 bits per heavy atom. The standard InChI is InChI=1S/2C9H8Br3NO/c2*1-6-4-2-3-5-7(6)13-8(14)9(10,11)12/h2*2-5H,1H3,(H,13,14). The van der Waals surface area contributed by atoms with Crippen LogP contribution in [0.25, 0.3) is 0 Å². The average Bonchev–Trinajstić information content (AvgIpc) is 2.58. The normalized spacial score (nSPS) is 11.1. The van der Waals surface area contributed by atoms with Gasteiger partial charge in [0.25, 0.3) is 11.8 Å². The molecule has 2 amide bonds. The Morgan fingerprint density at radius 3 is 1.18 bits per heavy atom. The van der Waals surface area contributed by atoms with E-state index in [9.17, 15) is 9.59 Å². The Morgan fingerprint density at radius 1 is 0.643 bits per heavy atom. The minimum Gasteiger partial charge on any atom is -0.323 e.